The number of anilines is 5. The Bertz CT molecular complexity index is 3980. The Balaban J connectivity index is 0.770. The number of aromatic nitrogens is 2. The van der Waals surface area contributed by atoms with Crippen molar-refractivity contribution < 1.29 is 4.74 Å². The van der Waals surface area contributed by atoms with Crippen molar-refractivity contribution in [1.29, 1.82) is 0 Å². The van der Waals surface area contributed by atoms with Gasteiger partial charge in [0.2, 0.25) is 0 Å². The van der Waals surface area contributed by atoms with Crippen LogP contribution < -0.4 is 19.3 Å². The normalized spacial score (nSPS) is 21.6. The molecule has 0 atom stereocenters. The average molecular weight is 994 g/mol. The van der Waals surface area contributed by atoms with Crippen LogP contribution in [0.3, 0.4) is 0 Å². The Labute approximate surface area is 450 Å². The van der Waals surface area contributed by atoms with Gasteiger partial charge in [0.15, 0.2) is 0 Å². The lowest BCUT2D eigenvalue weighted by Crippen LogP contribution is -2.60. The maximum Gasteiger partial charge on any atom is 0.316 e. The molecule has 8 aromatic carbocycles. The summed E-state index contributed by atoms with van der Waals surface area (Å²) in [4.78, 5) is 12.7. The number of fused-ring (bicyclic) bond motifs is 7. The summed E-state index contributed by atoms with van der Waals surface area (Å²) >= 11 is 0. The van der Waals surface area contributed by atoms with Crippen molar-refractivity contribution in [2.75, 3.05) is 21.3 Å². The zero-order valence-corrected chi connectivity index (χ0v) is 42.9. The molecule has 5 heterocycles. The zero-order chi connectivity index (χ0) is 50.6. The van der Waals surface area contributed by atoms with Crippen LogP contribution in [0.4, 0.5) is 28.4 Å². The summed E-state index contributed by atoms with van der Waals surface area (Å²) in [6.45, 7) is 0.796. The molecule has 0 N–H and O–H groups in total. The Morgan fingerprint density at radius 1 is 0.532 bits per heavy atom. The summed E-state index contributed by atoms with van der Waals surface area (Å²) in [5.41, 5.74) is 17.0. The maximum atomic E-state index is 6.98. The number of rotatable bonds is 9. The minimum Gasteiger partial charge on any atom is -0.457 e. The molecule has 7 aliphatic rings. The molecular weight excluding hydrogens is 938 g/mol. The predicted molar refractivity (Wildman–Crippen MR) is 318 cm³/mol. The number of benzene rings is 8. The smallest absolute Gasteiger partial charge is 0.316 e. The van der Waals surface area contributed by atoms with Gasteiger partial charge in [-0.2, -0.15) is 0 Å². The number of allylic oxidation sites excluding steroid dienone is 3. The molecule has 3 aliphatic heterocycles. The van der Waals surface area contributed by atoms with Gasteiger partial charge in [0.25, 0.3) is 0 Å². The first-order valence-corrected chi connectivity index (χ1v) is 27.7. The van der Waals surface area contributed by atoms with Gasteiger partial charge >= 0.3 is 6.85 Å². The SMILES string of the molecule is C1=CN2B(C=Cc3ccccc32)C(C2(c3ccnc(-n4c5ccccc5c5ccc(Oc6cccc(N7CN(c8c(-c9ccccc9)cccc8-c8ccccc8)c8ccccc87)c6)cc54)c3)C3CC4CC(C3)CC2C4)=C1. The second-order valence-electron chi connectivity index (χ2n) is 22.4. The largest absolute Gasteiger partial charge is 0.457 e. The van der Waals surface area contributed by atoms with E-state index in [1.165, 1.54) is 87.6 Å². The van der Waals surface area contributed by atoms with Crippen molar-refractivity contribution in [2.45, 2.75) is 37.5 Å². The number of ether oxygens (including phenoxy) is 1. The molecule has 4 aliphatic carbocycles. The van der Waals surface area contributed by atoms with Gasteiger partial charge in [-0.05, 0) is 151 Å². The molecule has 17 rings (SSSR count). The van der Waals surface area contributed by atoms with Crippen molar-refractivity contribution in [3.8, 4) is 39.6 Å². The Morgan fingerprint density at radius 3 is 1.95 bits per heavy atom. The van der Waals surface area contributed by atoms with Crippen LogP contribution in [0.5, 0.6) is 11.5 Å². The monoisotopic (exact) mass is 993 g/mol. The summed E-state index contributed by atoms with van der Waals surface area (Å²) in [6.07, 6.45) is 18.2. The summed E-state index contributed by atoms with van der Waals surface area (Å²) in [7, 11) is 0. The van der Waals surface area contributed by atoms with Crippen LogP contribution in [-0.2, 0) is 5.41 Å². The van der Waals surface area contributed by atoms with Crippen molar-refractivity contribution in [2.24, 2.45) is 23.7 Å². The third-order valence-corrected chi connectivity index (χ3v) is 18.4. The zero-order valence-electron chi connectivity index (χ0n) is 42.9. The van der Waals surface area contributed by atoms with Crippen LogP contribution in [0.2, 0.25) is 0 Å². The van der Waals surface area contributed by atoms with Crippen molar-refractivity contribution in [3.05, 3.63) is 253 Å². The highest BCUT2D eigenvalue weighted by Crippen LogP contribution is 2.66. The first kappa shape index (κ1) is 44.5. The van der Waals surface area contributed by atoms with Crippen LogP contribution in [0.25, 0.3) is 56.0 Å². The van der Waals surface area contributed by atoms with E-state index in [0.29, 0.717) is 18.5 Å². The van der Waals surface area contributed by atoms with Gasteiger partial charge in [-0.15, -0.1) is 0 Å². The number of pyridine rings is 1. The van der Waals surface area contributed by atoms with E-state index in [-0.39, 0.29) is 12.3 Å². The fraction of sp³-hybridized carbons (Fsp3) is 0.157. The average Bonchev–Trinajstić information content (AvgIpc) is 4.19. The summed E-state index contributed by atoms with van der Waals surface area (Å²) < 4.78 is 9.38. The van der Waals surface area contributed by atoms with Crippen molar-refractivity contribution in [1.82, 2.24) is 9.55 Å². The summed E-state index contributed by atoms with van der Waals surface area (Å²) in [6, 6.07) is 74.7. The Hall–Kier alpha value is -8.81. The van der Waals surface area contributed by atoms with Gasteiger partial charge in [0.05, 0.1) is 28.1 Å². The minimum atomic E-state index is -0.101. The molecule has 0 spiro atoms. The van der Waals surface area contributed by atoms with Crippen LogP contribution >= 0.6 is 0 Å². The molecule has 6 nitrogen and oxygen atoms in total. The Kier molecular flexibility index (Phi) is 10.2. The number of para-hydroxylation sites is 5. The quantitative estimate of drug-likeness (QED) is 0.135. The summed E-state index contributed by atoms with van der Waals surface area (Å²) in [5.74, 6) is 7.83. The lowest BCUT2D eigenvalue weighted by molar-refractivity contribution is -0.0408. The lowest BCUT2D eigenvalue weighted by atomic mass is 9.33. The van der Waals surface area contributed by atoms with Crippen LogP contribution in [0.1, 0.15) is 43.2 Å². The van der Waals surface area contributed by atoms with Crippen LogP contribution in [0, 0.1) is 23.7 Å². The van der Waals surface area contributed by atoms with Gasteiger partial charge < -0.3 is 19.3 Å². The van der Waals surface area contributed by atoms with Crippen molar-refractivity contribution >= 4 is 63.2 Å². The highest BCUT2D eigenvalue weighted by Gasteiger charge is 2.61. The highest BCUT2D eigenvalue weighted by molar-refractivity contribution is 6.77. The molecule has 10 aromatic rings. The van der Waals surface area contributed by atoms with Crippen LogP contribution in [-0.4, -0.2) is 23.1 Å². The Morgan fingerprint density at radius 2 is 1.18 bits per heavy atom. The molecule has 370 valence electrons. The maximum absolute atomic E-state index is 6.98. The molecule has 4 bridgehead atoms. The van der Waals surface area contributed by atoms with Crippen molar-refractivity contribution in [3.63, 3.8) is 0 Å². The third-order valence-electron chi connectivity index (χ3n) is 18.4. The first-order valence-electron chi connectivity index (χ1n) is 27.7. The van der Waals surface area contributed by atoms with E-state index in [2.05, 4.69) is 262 Å². The fourth-order valence-electron chi connectivity index (χ4n) is 15.6. The molecule has 0 radical (unpaired) electrons. The fourth-order valence-corrected chi connectivity index (χ4v) is 15.6. The number of hydrogen-bond donors (Lipinski definition) is 0. The molecule has 7 heteroatoms. The van der Waals surface area contributed by atoms with E-state index >= 15 is 0 Å². The van der Waals surface area contributed by atoms with E-state index in [1.807, 2.05) is 0 Å². The number of hydrogen-bond acceptors (Lipinski definition) is 5. The number of nitrogens with zero attached hydrogens (tertiary/aromatic N) is 5. The first-order chi connectivity index (χ1) is 38.1. The second kappa shape index (κ2) is 17.6. The highest BCUT2D eigenvalue weighted by atomic mass is 16.5. The van der Waals surface area contributed by atoms with Gasteiger partial charge in [-0.25, -0.2) is 4.98 Å². The minimum absolute atomic E-state index is 0.101. The topological polar surface area (TPSA) is 36.8 Å². The van der Waals surface area contributed by atoms with E-state index < -0.39 is 0 Å². The molecule has 0 unspecified atom stereocenters. The lowest BCUT2D eigenvalue weighted by Gasteiger charge is -2.63. The van der Waals surface area contributed by atoms with Gasteiger partial charge in [-0.3, -0.25) is 4.57 Å². The molecule has 4 fully saturated rings. The molecular formula is C70H56BN5O. The van der Waals surface area contributed by atoms with E-state index in [4.69, 9.17) is 9.72 Å². The van der Waals surface area contributed by atoms with E-state index in [0.717, 1.165) is 57.2 Å². The van der Waals surface area contributed by atoms with E-state index in [9.17, 15) is 0 Å². The van der Waals surface area contributed by atoms with Crippen LogP contribution in [0.15, 0.2) is 242 Å². The van der Waals surface area contributed by atoms with Gasteiger partial charge in [0.1, 0.15) is 24.0 Å². The second-order valence-corrected chi connectivity index (χ2v) is 22.4. The molecule has 0 amide bonds. The van der Waals surface area contributed by atoms with E-state index in [1.54, 1.807) is 5.47 Å². The third kappa shape index (κ3) is 6.99. The molecule has 0 saturated heterocycles. The van der Waals surface area contributed by atoms with Gasteiger partial charge in [-0.1, -0.05) is 157 Å². The molecule has 77 heavy (non-hydrogen) atoms. The summed E-state index contributed by atoms with van der Waals surface area (Å²) in [5, 5.41) is 2.38. The predicted octanol–water partition coefficient (Wildman–Crippen LogP) is 17.3. The van der Waals surface area contributed by atoms with Gasteiger partial charge in [0, 0.05) is 57.0 Å². The standard InChI is InChI=1S/C70H56BN5O/c1-3-16-49(17-4-1)58-24-14-25-59(50-18-5-2-6-19-50)69(58)74-46-73(64-28-11-12-29-65(64)74)55-21-13-22-56(44-55)77-57-31-32-61-60-23-8-10-27-63(60)76(66(61)45-57)68-43-52(34-36-72-68)70(53-39-47-38-48(41-53)42-54(70)40-47)67-30-15-37-75-62-26-9-7-20-51(62)33-35-71(67)75/h1-37,43-45,47-48,53-54H,38-42,46H2. The molecule has 4 saturated carbocycles. The molecule has 2 aromatic heterocycles.